The maximum absolute atomic E-state index is 13.4. The van der Waals surface area contributed by atoms with Gasteiger partial charge in [-0.05, 0) is 105 Å². The van der Waals surface area contributed by atoms with Crippen molar-refractivity contribution in [1.82, 2.24) is 0 Å². The number of fused-ring (bicyclic) bond motifs is 3. The van der Waals surface area contributed by atoms with Crippen molar-refractivity contribution in [2.24, 2.45) is 0 Å². The minimum Gasteiger partial charge on any atom is -0.496 e. The van der Waals surface area contributed by atoms with Gasteiger partial charge in [0.15, 0.2) is 0 Å². The first-order chi connectivity index (χ1) is 24.5. The van der Waals surface area contributed by atoms with Crippen molar-refractivity contribution >= 4 is 29.2 Å². The molecular weight excluding hydrogens is 659 g/mol. The Bertz CT molecular complexity index is 2320. The fourth-order valence-corrected chi connectivity index (χ4v) is 7.51. The van der Waals surface area contributed by atoms with Crippen LogP contribution in [0.15, 0.2) is 164 Å². The molecule has 0 radical (unpaired) electrons. The van der Waals surface area contributed by atoms with Crippen molar-refractivity contribution in [3.8, 4) is 44.9 Å². The lowest BCUT2D eigenvalue weighted by Crippen LogP contribution is -2.29. The number of rotatable bonds is 7. The van der Waals surface area contributed by atoms with Crippen LogP contribution >= 0.6 is 23.2 Å². The third-order valence-corrected chi connectivity index (χ3v) is 10.0. The highest BCUT2D eigenvalue weighted by Gasteiger charge is 2.46. The van der Waals surface area contributed by atoms with Gasteiger partial charge in [-0.15, -0.1) is 0 Å². The van der Waals surface area contributed by atoms with E-state index in [0.717, 1.165) is 50.3 Å². The molecule has 0 heterocycles. The molecule has 0 fully saturated rings. The maximum Gasteiger partial charge on any atom is 0.343 e. The van der Waals surface area contributed by atoms with Gasteiger partial charge in [0.1, 0.15) is 11.5 Å². The number of carbonyl (C=O) groups excluding carboxylic acids is 1. The maximum atomic E-state index is 13.4. The minimum absolute atomic E-state index is 0.428. The third-order valence-electron chi connectivity index (χ3n) is 9.52. The van der Waals surface area contributed by atoms with Gasteiger partial charge in [0, 0.05) is 21.2 Å². The lowest BCUT2D eigenvalue weighted by Gasteiger charge is -2.35. The summed E-state index contributed by atoms with van der Waals surface area (Å²) in [4.78, 5) is 13.4. The Kier molecular flexibility index (Phi) is 8.24. The summed E-state index contributed by atoms with van der Waals surface area (Å²) >= 11 is 12.7. The molecule has 0 saturated carbocycles. The number of hydrogen-bond acceptors (Lipinski definition) is 3. The number of benzene rings is 7. The van der Waals surface area contributed by atoms with E-state index in [0.29, 0.717) is 21.4 Å². The zero-order chi connectivity index (χ0) is 34.2. The molecule has 0 N–H and O–H groups in total. The van der Waals surface area contributed by atoms with Crippen molar-refractivity contribution in [2.75, 3.05) is 7.11 Å². The highest BCUT2D eigenvalue weighted by Crippen LogP contribution is 2.57. The van der Waals surface area contributed by atoms with Crippen LogP contribution in [-0.4, -0.2) is 13.1 Å². The monoisotopic (exact) mass is 688 g/mol. The molecule has 0 saturated heterocycles. The van der Waals surface area contributed by atoms with E-state index in [9.17, 15) is 4.79 Å². The number of halogens is 2. The summed E-state index contributed by atoms with van der Waals surface area (Å²) in [5.74, 6) is 0.787. The third kappa shape index (κ3) is 5.36. The molecule has 5 heteroatoms. The Labute approximate surface area is 301 Å². The summed E-state index contributed by atoms with van der Waals surface area (Å²) in [6.45, 7) is 0. The lowest BCUT2D eigenvalue weighted by molar-refractivity contribution is 0.0735. The highest BCUT2D eigenvalue weighted by atomic mass is 35.5. The fraction of sp³-hybridized carbons (Fsp3) is 0.0444. The van der Waals surface area contributed by atoms with Crippen molar-refractivity contribution < 1.29 is 14.3 Å². The molecule has 0 spiro atoms. The van der Waals surface area contributed by atoms with Crippen molar-refractivity contribution in [1.29, 1.82) is 0 Å². The Hall–Kier alpha value is -5.61. The molecule has 3 nitrogen and oxygen atoms in total. The second-order valence-corrected chi connectivity index (χ2v) is 13.1. The van der Waals surface area contributed by atoms with Crippen molar-refractivity contribution in [3.05, 3.63) is 202 Å². The summed E-state index contributed by atoms with van der Waals surface area (Å²) in [5, 5.41) is 1.29. The summed E-state index contributed by atoms with van der Waals surface area (Å²) in [5.41, 5.74) is 10.1. The molecule has 1 aliphatic carbocycles. The lowest BCUT2D eigenvalue weighted by atomic mass is 9.67. The first-order valence-corrected chi connectivity index (χ1v) is 17.0. The highest BCUT2D eigenvalue weighted by molar-refractivity contribution is 6.31. The zero-order valence-corrected chi connectivity index (χ0v) is 28.6. The quantitative estimate of drug-likeness (QED) is 0.123. The van der Waals surface area contributed by atoms with Crippen molar-refractivity contribution in [3.63, 3.8) is 0 Å². The van der Waals surface area contributed by atoms with Crippen LogP contribution in [-0.2, 0) is 5.41 Å². The normalized spacial score (nSPS) is 12.5. The second-order valence-electron chi connectivity index (χ2n) is 12.2. The molecular formula is C45H30Cl2O3. The Morgan fingerprint density at radius 3 is 1.48 bits per heavy atom. The topological polar surface area (TPSA) is 35.5 Å². The first-order valence-electron chi connectivity index (χ1n) is 16.3. The van der Waals surface area contributed by atoms with Crippen LogP contribution in [0.1, 0.15) is 32.6 Å². The Morgan fingerprint density at radius 1 is 0.500 bits per heavy atom. The number of esters is 1. The van der Waals surface area contributed by atoms with E-state index in [-0.39, 0.29) is 0 Å². The molecule has 0 amide bonds. The van der Waals surface area contributed by atoms with E-state index >= 15 is 0 Å². The number of carbonyl (C=O) groups is 1. The van der Waals surface area contributed by atoms with Crippen LogP contribution in [0, 0.1) is 0 Å². The van der Waals surface area contributed by atoms with Crippen LogP contribution in [0.25, 0.3) is 33.4 Å². The molecule has 0 unspecified atom stereocenters. The van der Waals surface area contributed by atoms with Gasteiger partial charge in [-0.2, -0.15) is 0 Å². The van der Waals surface area contributed by atoms with E-state index in [1.54, 1.807) is 19.2 Å². The Balaban J connectivity index is 1.41. The van der Waals surface area contributed by atoms with Gasteiger partial charge in [-0.3, -0.25) is 0 Å². The number of hydrogen-bond donors (Lipinski definition) is 0. The van der Waals surface area contributed by atoms with Gasteiger partial charge in [0.25, 0.3) is 0 Å². The molecule has 0 aromatic heterocycles. The minimum atomic E-state index is -0.732. The van der Waals surface area contributed by atoms with Gasteiger partial charge in [0.05, 0.1) is 18.1 Å². The molecule has 0 atom stereocenters. The molecule has 0 aliphatic heterocycles. The smallest absolute Gasteiger partial charge is 0.343 e. The molecule has 7 aromatic carbocycles. The molecule has 8 rings (SSSR count). The van der Waals surface area contributed by atoms with Gasteiger partial charge >= 0.3 is 5.97 Å². The molecule has 7 aromatic rings. The van der Waals surface area contributed by atoms with E-state index in [1.165, 1.54) is 11.1 Å². The average molecular weight is 690 g/mol. The van der Waals surface area contributed by atoms with Gasteiger partial charge in [-0.1, -0.05) is 126 Å². The summed E-state index contributed by atoms with van der Waals surface area (Å²) in [6.07, 6.45) is 0. The van der Waals surface area contributed by atoms with Crippen LogP contribution in [0.2, 0.25) is 10.0 Å². The largest absolute Gasteiger partial charge is 0.496 e. The van der Waals surface area contributed by atoms with Gasteiger partial charge in [-0.25, -0.2) is 4.79 Å². The van der Waals surface area contributed by atoms with E-state index in [1.807, 2.05) is 78.9 Å². The summed E-state index contributed by atoms with van der Waals surface area (Å²) < 4.78 is 12.0. The predicted molar refractivity (Wildman–Crippen MR) is 203 cm³/mol. The van der Waals surface area contributed by atoms with Crippen LogP contribution < -0.4 is 9.47 Å². The van der Waals surface area contributed by atoms with E-state index in [2.05, 4.69) is 72.8 Å². The zero-order valence-electron chi connectivity index (χ0n) is 27.1. The standard InChI is InChI=1S/C45H30Cl2O3/c1-49-42-25-19-32(27-38(42)29-15-21-34(46)22-16-29)45(40-13-7-5-11-36(40)37-12-6-8-14-41(37)45)33-20-26-43(50-44(48)31-9-3-2-4-10-31)39(28-33)30-17-23-35(47)24-18-30/h2-28H,1H3. The molecule has 0 bridgehead atoms. The average Bonchev–Trinajstić information content (AvgIpc) is 3.47. The van der Waals surface area contributed by atoms with Crippen LogP contribution in [0.3, 0.4) is 0 Å². The summed E-state index contributed by atoms with van der Waals surface area (Å²) in [6, 6.07) is 54.2. The van der Waals surface area contributed by atoms with Gasteiger partial charge < -0.3 is 9.47 Å². The molecule has 50 heavy (non-hydrogen) atoms. The fourth-order valence-electron chi connectivity index (χ4n) is 7.26. The number of methoxy groups -OCH3 is 1. The van der Waals surface area contributed by atoms with E-state index < -0.39 is 11.4 Å². The van der Waals surface area contributed by atoms with Crippen LogP contribution in [0.5, 0.6) is 11.5 Å². The van der Waals surface area contributed by atoms with Crippen LogP contribution in [0.4, 0.5) is 0 Å². The molecule has 1 aliphatic rings. The molecule has 242 valence electrons. The first kappa shape index (κ1) is 31.6. The van der Waals surface area contributed by atoms with Gasteiger partial charge in [0.2, 0.25) is 0 Å². The predicted octanol–water partition coefficient (Wildman–Crippen LogP) is 11.9. The SMILES string of the molecule is COc1ccc(C2(c3ccc(OC(=O)c4ccccc4)c(-c4ccc(Cl)cc4)c3)c3ccccc3-c3ccccc32)cc1-c1ccc(Cl)cc1. The second kappa shape index (κ2) is 13.0. The Morgan fingerprint density at radius 2 is 0.960 bits per heavy atom. The summed E-state index contributed by atoms with van der Waals surface area (Å²) in [7, 11) is 1.69. The van der Waals surface area contributed by atoms with E-state index in [4.69, 9.17) is 32.7 Å². The van der Waals surface area contributed by atoms with Crippen molar-refractivity contribution in [2.45, 2.75) is 5.41 Å². The number of ether oxygens (including phenoxy) is 2.